The minimum atomic E-state index is 0.130. The molecule has 0 saturated heterocycles. The molecule has 0 N–H and O–H groups in total. The molecular weight excluding hydrogens is 328 g/mol. The molecule has 1 aromatic heterocycles. The van der Waals surface area contributed by atoms with Gasteiger partial charge in [0.15, 0.2) is 0 Å². The van der Waals surface area contributed by atoms with Gasteiger partial charge in [-0.1, -0.05) is 34.1 Å². The van der Waals surface area contributed by atoms with Crippen molar-refractivity contribution in [2.75, 3.05) is 11.9 Å². The standard InChI is InChI=1S/C17H19BrN2O/c18-10-4-12-20(14-7-2-8-14)17(21)15-9-1-5-13-6-3-11-19-16(13)15/h1,3,5-6,9,11,14H,2,4,7-8,10,12H2. The number of alkyl halides is 1. The van der Waals surface area contributed by atoms with Crippen LogP contribution >= 0.6 is 15.9 Å². The van der Waals surface area contributed by atoms with Crippen molar-refractivity contribution in [3.63, 3.8) is 0 Å². The Hall–Kier alpha value is -1.42. The van der Waals surface area contributed by atoms with Crippen molar-refractivity contribution >= 4 is 32.7 Å². The lowest BCUT2D eigenvalue weighted by molar-refractivity contribution is 0.0583. The van der Waals surface area contributed by atoms with Crippen LogP contribution in [0.1, 0.15) is 36.0 Å². The molecule has 0 atom stereocenters. The summed E-state index contributed by atoms with van der Waals surface area (Å²) in [5.41, 5.74) is 1.54. The van der Waals surface area contributed by atoms with E-state index in [1.807, 2.05) is 35.2 Å². The number of carbonyl (C=O) groups is 1. The first kappa shape index (κ1) is 14.5. The van der Waals surface area contributed by atoms with E-state index in [2.05, 4.69) is 20.9 Å². The SMILES string of the molecule is O=C(c1cccc2cccnc12)N(CCCBr)C1CCC1. The number of amides is 1. The van der Waals surface area contributed by atoms with Crippen molar-refractivity contribution in [3.05, 3.63) is 42.1 Å². The molecule has 0 radical (unpaired) electrons. The zero-order valence-electron chi connectivity index (χ0n) is 12.0. The minimum absolute atomic E-state index is 0.130. The molecule has 21 heavy (non-hydrogen) atoms. The van der Waals surface area contributed by atoms with Crippen LogP contribution in [0.3, 0.4) is 0 Å². The van der Waals surface area contributed by atoms with E-state index in [9.17, 15) is 4.79 Å². The number of nitrogens with zero attached hydrogens (tertiary/aromatic N) is 2. The van der Waals surface area contributed by atoms with Gasteiger partial charge in [-0.3, -0.25) is 9.78 Å². The van der Waals surface area contributed by atoms with E-state index < -0.39 is 0 Å². The van der Waals surface area contributed by atoms with E-state index in [4.69, 9.17) is 0 Å². The smallest absolute Gasteiger partial charge is 0.256 e. The molecule has 1 aliphatic carbocycles. The molecular formula is C17H19BrN2O. The number of aromatic nitrogens is 1. The highest BCUT2D eigenvalue weighted by molar-refractivity contribution is 9.09. The van der Waals surface area contributed by atoms with Gasteiger partial charge < -0.3 is 4.90 Å². The summed E-state index contributed by atoms with van der Waals surface area (Å²) in [5, 5.41) is 1.95. The van der Waals surface area contributed by atoms with Crippen LogP contribution in [0.25, 0.3) is 10.9 Å². The van der Waals surface area contributed by atoms with Gasteiger partial charge in [0.25, 0.3) is 5.91 Å². The zero-order chi connectivity index (χ0) is 14.7. The molecule has 0 spiro atoms. The summed E-state index contributed by atoms with van der Waals surface area (Å²) in [6.07, 6.45) is 6.24. The Kier molecular flexibility index (Phi) is 4.54. The summed E-state index contributed by atoms with van der Waals surface area (Å²) in [4.78, 5) is 19.4. The topological polar surface area (TPSA) is 33.2 Å². The molecule has 0 aliphatic heterocycles. The number of hydrogen-bond acceptors (Lipinski definition) is 2. The maximum atomic E-state index is 13.0. The Morgan fingerprint density at radius 1 is 1.29 bits per heavy atom. The summed E-state index contributed by atoms with van der Waals surface area (Å²) in [5.74, 6) is 0.130. The Morgan fingerprint density at radius 2 is 2.10 bits per heavy atom. The number of rotatable bonds is 5. The Labute approximate surface area is 133 Å². The van der Waals surface area contributed by atoms with Gasteiger partial charge in [-0.2, -0.15) is 0 Å². The number of fused-ring (bicyclic) bond motifs is 1. The Morgan fingerprint density at radius 3 is 2.81 bits per heavy atom. The molecule has 2 aromatic rings. The highest BCUT2D eigenvalue weighted by atomic mass is 79.9. The van der Waals surface area contributed by atoms with Crippen LogP contribution in [0.2, 0.25) is 0 Å². The van der Waals surface area contributed by atoms with E-state index in [1.165, 1.54) is 6.42 Å². The van der Waals surface area contributed by atoms with Crippen molar-refractivity contribution < 1.29 is 4.79 Å². The second kappa shape index (κ2) is 6.56. The molecule has 4 heteroatoms. The molecule has 1 heterocycles. The predicted molar refractivity (Wildman–Crippen MR) is 88.8 cm³/mol. The second-order valence-electron chi connectivity index (χ2n) is 5.51. The Balaban J connectivity index is 1.93. The minimum Gasteiger partial charge on any atom is -0.336 e. The molecule has 1 aliphatic rings. The van der Waals surface area contributed by atoms with Gasteiger partial charge in [0, 0.05) is 29.5 Å². The van der Waals surface area contributed by atoms with E-state index in [0.717, 1.165) is 47.6 Å². The fraction of sp³-hybridized carbons (Fsp3) is 0.412. The highest BCUT2D eigenvalue weighted by Gasteiger charge is 2.29. The van der Waals surface area contributed by atoms with Gasteiger partial charge in [0.05, 0.1) is 11.1 Å². The van der Waals surface area contributed by atoms with Crippen LogP contribution in [-0.2, 0) is 0 Å². The van der Waals surface area contributed by atoms with Crippen LogP contribution in [0.5, 0.6) is 0 Å². The van der Waals surface area contributed by atoms with E-state index in [0.29, 0.717) is 6.04 Å². The van der Waals surface area contributed by atoms with E-state index >= 15 is 0 Å². The van der Waals surface area contributed by atoms with Gasteiger partial charge in [0.1, 0.15) is 0 Å². The zero-order valence-corrected chi connectivity index (χ0v) is 13.6. The van der Waals surface area contributed by atoms with Gasteiger partial charge in [-0.15, -0.1) is 0 Å². The van der Waals surface area contributed by atoms with Crippen molar-refractivity contribution in [2.24, 2.45) is 0 Å². The van der Waals surface area contributed by atoms with Crippen LogP contribution in [0.4, 0.5) is 0 Å². The van der Waals surface area contributed by atoms with Crippen molar-refractivity contribution in [3.8, 4) is 0 Å². The summed E-state index contributed by atoms with van der Waals surface area (Å²) in [7, 11) is 0. The van der Waals surface area contributed by atoms with Crippen LogP contribution in [-0.4, -0.2) is 33.7 Å². The summed E-state index contributed by atoms with van der Waals surface area (Å²) in [6, 6.07) is 10.2. The van der Waals surface area contributed by atoms with Gasteiger partial charge in [-0.25, -0.2) is 0 Å². The van der Waals surface area contributed by atoms with Crippen molar-refractivity contribution in [1.29, 1.82) is 0 Å². The Bertz CT molecular complexity index is 634. The maximum Gasteiger partial charge on any atom is 0.256 e. The van der Waals surface area contributed by atoms with Crippen LogP contribution in [0.15, 0.2) is 36.5 Å². The van der Waals surface area contributed by atoms with Crippen LogP contribution < -0.4 is 0 Å². The number of carbonyl (C=O) groups excluding carboxylic acids is 1. The molecule has 0 unspecified atom stereocenters. The molecule has 3 nitrogen and oxygen atoms in total. The van der Waals surface area contributed by atoms with Gasteiger partial charge in [-0.05, 0) is 37.8 Å². The summed E-state index contributed by atoms with van der Waals surface area (Å²) >= 11 is 3.46. The first-order valence-electron chi connectivity index (χ1n) is 7.52. The normalized spacial score (nSPS) is 14.9. The third-order valence-electron chi connectivity index (χ3n) is 4.17. The predicted octanol–water partition coefficient (Wildman–Crippen LogP) is 4.01. The monoisotopic (exact) mass is 346 g/mol. The second-order valence-corrected chi connectivity index (χ2v) is 6.30. The van der Waals surface area contributed by atoms with Gasteiger partial charge >= 0.3 is 0 Å². The van der Waals surface area contributed by atoms with E-state index in [1.54, 1.807) is 6.20 Å². The van der Waals surface area contributed by atoms with E-state index in [-0.39, 0.29) is 5.91 Å². The fourth-order valence-corrected chi connectivity index (χ4v) is 3.06. The lowest BCUT2D eigenvalue weighted by atomic mass is 9.90. The highest BCUT2D eigenvalue weighted by Crippen LogP contribution is 2.28. The maximum absolute atomic E-state index is 13.0. The van der Waals surface area contributed by atoms with Crippen molar-refractivity contribution in [2.45, 2.75) is 31.7 Å². The van der Waals surface area contributed by atoms with Gasteiger partial charge in [0.2, 0.25) is 0 Å². The number of halogens is 1. The molecule has 1 aromatic carbocycles. The quantitative estimate of drug-likeness (QED) is 0.766. The fourth-order valence-electron chi connectivity index (χ4n) is 2.81. The average molecular weight is 347 g/mol. The third kappa shape index (κ3) is 2.95. The molecule has 1 saturated carbocycles. The lowest BCUT2D eigenvalue weighted by Crippen LogP contribution is -2.45. The first-order valence-corrected chi connectivity index (χ1v) is 8.64. The summed E-state index contributed by atoms with van der Waals surface area (Å²) in [6.45, 7) is 0.817. The first-order chi connectivity index (χ1) is 10.3. The molecule has 1 amide bonds. The molecule has 110 valence electrons. The molecule has 1 fully saturated rings. The number of pyridine rings is 1. The van der Waals surface area contributed by atoms with Crippen LogP contribution in [0, 0.1) is 0 Å². The lowest BCUT2D eigenvalue weighted by Gasteiger charge is -2.37. The number of para-hydroxylation sites is 1. The summed E-state index contributed by atoms with van der Waals surface area (Å²) < 4.78 is 0. The molecule has 3 rings (SSSR count). The average Bonchev–Trinajstić information content (AvgIpc) is 2.48. The third-order valence-corrected chi connectivity index (χ3v) is 4.73. The largest absolute Gasteiger partial charge is 0.336 e. The number of benzene rings is 1. The van der Waals surface area contributed by atoms with Crippen molar-refractivity contribution in [1.82, 2.24) is 9.88 Å². The molecule has 0 bridgehead atoms. The number of hydrogen-bond donors (Lipinski definition) is 0.